The maximum absolute atomic E-state index is 6.80. The lowest BCUT2D eigenvalue weighted by atomic mass is 9.96. The van der Waals surface area contributed by atoms with Crippen molar-refractivity contribution in [3.05, 3.63) is 237 Å². The summed E-state index contributed by atoms with van der Waals surface area (Å²) in [5.74, 6) is 1.78. The number of hydrogen-bond acceptors (Lipinski definition) is 4. The fourth-order valence-electron chi connectivity index (χ4n) is 9.09. The first-order valence-electron chi connectivity index (χ1n) is 21.9. The SMILES string of the molecule is c1ccc(-c2ccc(-c3nc(-c4ccc5cccc(-c6ccccc6)c5c4)nc(-c4cccc5oc6c(-c7ccc(-c8cccc(-c9ccccc9)c8)cc7)cccc6c45)n3)cc2)cc1. The van der Waals surface area contributed by atoms with Gasteiger partial charge in [0.25, 0.3) is 0 Å². The number of benzene rings is 10. The summed E-state index contributed by atoms with van der Waals surface area (Å²) in [6.07, 6.45) is 0. The highest BCUT2D eigenvalue weighted by Crippen LogP contribution is 2.41. The molecule has 2 aromatic heterocycles. The van der Waals surface area contributed by atoms with Crippen molar-refractivity contribution in [2.75, 3.05) is 0 Å². The lowest BCUT2D eigenvalue weighted by Gasteiger charge is -2.12. The number of furan rings is 1. The molecular weight excluding hydrogens is 791 g/mol. The zero-order chi connectivity index (χ0) is 43.1. The van der Waals surface area contributed by atoms with Crippen LogP contribution in [-0.4, -0.2) is 15.0 Å². The highest BCUT2D eigenvalue weighted by atomic mass is 16.3. The fraction of sp³-hybridized carbons (Fsp3) is 0. The van der Waals surface area contributed by atoms with E-state index in [-0.39, 0.29) is 0 Å². The maximum atomic E-state index is 6.80. The van der Waals surface area contributed by atoms with E-state index in [1.54, 1.807) is 0 Å². The Morgan fingerprint density at radius 1 is 0.262 bits per heavy atom. The first kappa shape index (κ1) is 38.0. The van der Waals surface area contributed by atoms with Crippen LogP contribution in [0.4, 0.5) is 0 Å². The zero-order valence-electron chi connectivity index (χ0n) is 35.3. The van der Waals surface area contributed by atoms with Gasteiger partial charge in [0.15, 0.2) is 17.5 Å². The molecule has 65 heavy (non-hydrogen) atoms. The van der Waals surface area contributed by atoms with Gasteiger partial charge in [-0.2, -0.15) is 0 Å². The molecule has 0 aliphatic carbocycles. The largest absolute Gasteiger partial charge is 0.455 e. The van der Waals surface area contributed by atoms with Crippen LogP contribution in [0.3, 0.4) is 0 Å². The number of hydrogen-bond donors (Lipinski definition) is 0. The summed E-state index contributed by atoms with van der Waals surface area (Å²) >= 11 is 0. The van der Waals surface area contributed by atoms with Gasteiger partial charge in [-0.25, -0.2) is 15.0 Å². The van der Waals surface area contributed by atoms with Crippen LogP contribution in [0.1, 0.15) is 0 Å². The van der Waals surface area contributed by atoms with Gasteiger partial charge in [-0.3, -0.25) is 0 Å². The summed E-state index contributed by atoms with van der Waals surface area (Å²) in [5, 5.41) is 4.25. The van der Waals surface area contributed by atoms with E-state index in [1.165, 1.54) is 16.7 Å². The van der Waals surface area contributed by atoms with Crippen LogP contribution in [0.25, 0.3) is 123 Å². The van der Waals surface area contributed by atoms with Gasteiger partial charge in [0.2, 0.25) is 0 Å². The average molecular weight is 830 g/mol. The molecule has 0 bridgehead atoms. The van der Waals surface area contributed by atoms with Gasteiger partial charge >= 0.3 is 0 Å². The second-order valence-corrected chi connectivity index (χ2v) is 16.3. The fourth-order valence-corrected chi connectivity index (χ4v) is 9.09. The van der Waals surface area contributed by atoms with Crippen LogP contribution >= 0.6 is 0 Å². The number of aromatic nitrogens is 3. The predicted octanol–water partition coefficient (Wildman–Crippen LogP) is 16.3. The molecule has 4 nitrogen and oxygen atoms in total. The zero-order valence-corrected chi connectivity index (χ0v) is 35.3. The minimum absolute atomic E-state index is 0.578. The van der Waals surface area contributed by atoms with Crippen molar-refractivity contribution in [2.24, 2.45) is 0 Å². The molecule has 0 unspecified atom stereocenters. The molecule has 0 atom stereocenters. The number of rotatable bonds is 8. The number of fused-ring (bicyclic) bond motifs is 4. The smallest absolute Gasteiger partial charge is 0.164 e. The molecule has 0 amide bonds. The van der Waals surface area contributed by atoms with Crippen molar-refractivity contribution >= 4 is 32.7 Å². The molecule has 0 aliphatic heterocycles. The molecule has 4 heteroatoms. The van der Waals surface area contributed by atoms with Crippen LogP contribution in [-0.2, 0) is 0 Å². The normalized spacial score (nSPS) is 11.4. The quantitative estimate of drug-likeness (QED) is 0.153. The average Bonchev–Trinajstić information content (AvgIpc) is 3.79. The highest BCUT2D eigenvalue weighted by molar-refractivity contribution is 6.15. The molecule has 2 heterocycles. The van der Waals surface area contributed by atoms with Crippen molar-refractivity contribution in [2.45, 2.75) is 0 Å². The van der Waals surface area contributed by atoms with E-state index in [2.05, 4.69) is 218 Å². The Kier molecular flexibility index (Phi) is 9.46. The third-order valence-electron chi connectivity index (χ3n) is 12.4. The van der Waals surface area contributed by atoms with Crippen molar-refractivity contribution < 1.29 is 4.42 Å². The van der Waals surface area contributed by atoms with Crippen molar-refractivity contribution in [3.63, 3.8) is 0 Å². The van der Waals surface area contributed by atoms with E-state index in [0.717, 1.165) is 88.3 Å². The third-order valence-corrected chi connectivity index (χ3v) is 12.4. The van der Waals surface area contributed by atoms with Gasteiger partial charge in [0.1, 0.15) is 11.2 Å². The van der Waals surface area contributed by atoms with Gasteiger partial charge in [0.05, 0.1) is 0 Å². The van der Waals surface area contributed by atoms with Crippen molar-refractivity contribution in [3.8, 4) is 89.8 Å². The molecule has 0 spiro atoms. The summed E-state index contributed by atoms with van der Waals surface area (Å²) in [4.78, 5) is 15.7. The Balaban J connectivity index is 0.980. The van der Waals surface area contributed by atoms with Crippen LogP contribution in [0, 0.1) is 0 Å². The molecule has 10 aromatic carbocycles. The Hall–Kier alpha value is -8.73. The van der Waals surface area contributed by atoms with E-state index in [9.17, 15) is 0 Å². The van der Waals surface area contributed by atoms with Crippen LogP contribution < -0.4 is 0 Å². The Labute approximate surface area is 376 Å². The van der Waals surface area contributed by atoms with Crippen LogP contribution in [0.2, 0.25) is 0 Å². The standard InChI is InChI=1S/C61H39N3O/c1-4-14-40(15-5-1)42-30-35-47(36-31-42)59-62-60(50-37-34-45-20-11-23-51(55(45)39-50)44-18-8-3-9-19-44)64-61(63-59)54-26-13-27-56-57(54)53-25-12-24-52(58(53)65-56)46-32-28-43(29-33-46)49-22-10-21-48(38-49)41-16-6-2-7-17-41/h1-39H. The van der Waals surface area contributed by atoms with Crippen LogP contribution in [0.15, 0.2) is 241 Å². The number of para-hydroxylation sites is 1. The molecule has 12 rings (SSSR count). The third kappa shape index (κ3) is 7.13. The van der Waals surface area contributed by atoms with E-state index in [1.807, 2.05) is 18.2 Å². The molecule has 0 aliphatic rings. The van der Waals surface area contributed by atoms with E-state index < -0.39 is 0 Å². The van der Waals surface area contributed by atoms with Gasteiger partial charge in [0, 0.05) is 33.0 Å². The first-order chi connectivity index (χ1) is 32.2. The lowest BCUT2D eigenvalue weighted by Crippen LogP contribution is -2.00. The Morgan fingerprint density at radius 3 is 1.43 bits per heavy atom. The summed E-state index contributed by atoms with van der Waals surface area (Å²) < 4.78 is 6.80. The molecule has 0 radical (unpaired) electrons. The Bertz CT molecular complexity index is 3670. The Morgan fingerprint density at radius 2 is 0.723 bits per heavy atom. The van der Waals surface area contributed by atoms with E-state index in [4.69, 9.17) is 19.4 Å². The van der Waals surface area contributed by atoms with Gasteiger partial charge < -0.3 is 4.42 Å². The van der Waals surface area contributed by atoms with Gasteiger partial charge in [-0.05, 0) is 79.0 Å². The second kappa shape index (κ2) is 16.2. The predicted molar refractivity (Wildman–Crippen MR) is 268 cm³/mol. The van der Waals surface area contributed by atoms with Gasteiger partial charge in [-0.1, -0.05) is 218 Å². The molecule has 0 saturated carbocycles. The van der Waals surface area contributed by atoms with Gasteiger partial charge in [-0.15, -0.1) is 0 Å². The second-order valence-electron chi connectivity index (χ2n) is 16.3. The molecule has 0 saturated heterocycles. The van der Waals surface area contributed by atoms with Crippen LogP contribution in [0.5, 0.6) is 0 Å². The minimum Gasteiger partial charge on any atom is -0.455 e. The number of nitrogens with zero attached hydrogens (tertiary/aromatic N) is 3. The first-order valence-corrected chi connectivity index (χ1v) is 21.9. The summed E-state index contributed by atoms with van der Waals surface area (Å²) in [7, 11) is 0. The lowest BCUT2D eigenvalue weighted by molar-refractivity contribution is 0.670. The van der Waals surface area contributed by atoms with Crippen molar-refractivity contribution in [1.82, 2.24) is 15.0 Å². The molecule has 12 aromatic rings. The summed E-state index contributed by atoms with van der Waals surface area (Å²) in [5.41, 5.74) is 15.7. The van der Waals surface area contributed by atoms with E-state index >= 15 is 0 Å². The molecular formula is C61H39N3O. The topological polar surface area (TPSA) is 51.8 Å². The van der Waals surface area contributed by atoms with Crippen molar-refractivity contribution in [1.29, 1.82) is 0 Å². The summed E-state index contributed by atoms with van der Waals surface area (Å²) in [6.45, 7) is 0. The summed E-state index contributed by atoms with van der Waals surface area (Å²) in [6, 6.07) is 82.9. The van der Waals surface area contributed by atoms with E-state index in [0.29, 0.717) is 17.5 Å². The monoisotopic (exact) mass is 829 g/mol. The minimum atomic E-state index is 0.578. The molecule has 0 fully saturated rings. The molecule has 0 N–H and O–H groups in total. The highest BCUT2D eigenvalue weighted by Gasteiger charge is 2.20. The maximum Gasteiger partial charge on any atom is 0.164 e. The molecule has 304 valence electrons.